The third-order valence-corrected chi connectivity index (χ3v) is 2.67. The van der Waals surface area contributed by atoms with Crippen LogP contribution in [0.15, 0.2) is 33.6 Å². The molecule has 2 nitrogen and oxygen atoms in total. The van der Waals surface area contributed by atoms with Crippen molar-refractivity contribution >= 4 is 42.8 Å². The molecule has 0 saturated heterocycles. The molecule has 60 valence electrons. The second kappa shape index (κ2) is 3.11. The number of hydrogen-bond acceptors (Lipinski definition) is 2. The van der Waals surface area contributed by atoms with Crippen LogP contribution < -0.4 is 0 Å². The molecule has 0 aliphatic carbocycles. The van der Waals surface area contributed by atoms with E-state index in [2.05, 4.69) is 41.8 Å². The van der Waals surface area contributed by atoms with E-state index in [9.17, 15) is 0 Å². The minimum absolute atomic E-state index is 0.828. The molecule has 0 aliphatic rings. The van der Waals surface area contributed by atoms with Crippen molar-refractivity contribution in [3.63, 3.8) is 0 Å². The summed E-state index contributed by atoms with van der Waals surface area (Å²) in [6, 6.07) is 5.90. The summed E-state index contributed by atoms with van der Waals surface area (Å²) >= 11 is 6.75. The van der Waals surface area contributed by atoms with Crippen LogP contribution in [0, 0.1) is 0 Å². The van der Waals surface area contributed by atoms with Crippen molar-refractivity contribution in [2.45, 2.75) is 0 Å². The van der Waals surface area contributed by atoms with E-state index in [1.807, 2.05) is 18.2 Å². The molecule has 2 rings (SSSR count). The monoisotopic (exact) mass is 286 g/mol. The Balaban J connectivity index is 2.88. The van der Waals surface area contributed by atoms with Gasteiger partial charge in [0.25, 0.3) is 0 Å². The molecule has 0 unspecified atom stereocenters. The highest BCUT2D eigenvalue weighted by Gasteiger charge is 1.99. The van der Waals surface area contributed by atoms with E-state index in [-0.39, 0.29) is 0 Å². The van der Waals surface area contributed by atoms with E-state index < -0.39 is 0 Å². The molecule has 0 bridgehead atoms. The molecule has 0 fully saturated rings. The lowest BCUT2D eigenvalue weighted by atomic mass is 10.2. The summed E-state index contributed by atoms with van der Waals surface area (Å²) in [5.41, 5.74) is 0.945. The number of benzene rings is 1. The molecule has 0 N–H and O–H groups in total. The highest BCUT2D eigenvalue weighted by atomic mass is 79.9. The highest BCUT2D eigenvalue weighted by molar-refractivity contribution is 9.11. The lowest BCUT2D eigenvalue weighted by molar-refractivity contribution is 1.19. The van der Waals surface area contributed by atoms with Crippen LogP contribution in [-0.4, -0.2) is 9.97 Å². The van der Waals surface area contributed by atoms with Crippen LogP contribution in [-0.2, 0) is 0 Å². The minimum Gasteiger partial charge on any atom is -0.236 e. The molecular weight excluding hydrogens is 284 g/mol. The topological polar surface area (TPSA) is 25.8 Å². The molecule has 12 heavy (non-hydrogen) atoms. The average molecular weight is 288 g/mol. The van der Waals surface area contributed by atoms with Gasteiger partial charge in [-0.2, -0.15) is 0 Å². The van der Waals surface area contributed by atoms with Crippen molar-refractivity contribution in [1.29, 1.82) is 0 Å². The van der Waals surface area contributed by atoms with Crippen molar-refractivity contribution in [2.75, 3.05) is 0 Å². The Kier molecular flexibility index (Phi) is 2.11. The Hall–Kier alpha value is -0.480. The Morgan fingerprint density at radius 3 is 2.75 bits per heavy atom. The number of nitrogens with zero attached hydrogens (tertiary/aromatic N) is 2. The Labute approximate surface area is 86.3 Å². The van der Waals surface area contributed by atoms with Gasteiger partial charge in [-0.05, 0) is 34.1 Å². The Morgan fingerprint density at radius 1 is 1.08 bits per heavy atom. The zero-order chi connectivity index (χ0) is 8.55. The first-order valence-corrected chi connectivity index (χ1v) is 4.92. The summed E-state index contributed by atoms with van der Waals surface area (Å²) < 4.78 is 1.86. The van der Waals surface area contributed by atoms with Crippen molar-refractivity contribution in [1.82, 2.24) is 9.97 Å². The molecule has 0 amide bonds. The van der Waals surface area contributed by atoms with Gasteiger partial charge >= 0.3 is 0 Å². The van der Waals surface area contributed by atoms with E-state index in [0.29, 0.717) is 0 Å². The third-order valence-electron chi connectivity index (χ3n) is 1.55. The van der Waals surface area contributed by atoms with Crippen LogP contribution in [0.5, 0.6) is 0 Å². The minimum atomic E-state index is 0.828. The first kappa shape index (κ1) is 8.13. The van der Waals surface area contributed by atoms with E-state index in [1.54, 1.807) is 6.33 Å². The standard InChI is InChI=1S/C8H4Br2N2/c9-5-1-2-7-6(3-5)8(10)12-4-11-7/h1-4H. The summed E-state index contributed by atoms with van der Waals surface area (Å²) in [4.78, 5) is 8.15. The molecule has 1 aromatic heterocycles. The van der Waals surface area contributed by atoms with Gasteiger partial charge in [0.2, 0.25) is 0 Å². The van der Waals surface area contributed by atoms with Crippen LogP contribution in [0.2, 0.25) is 0 Å². The maximum absolute atomic E-state index is 4.12. The lowest BCUT2D eigenvalue weighted by Crippen LogP contribution is -1.82. The van der Waals surface area contributed by atoms with Gasteiger partial charge in [0.05, 0.1) is 5.52 Å². The fourth-order valence-electron chi connectivity index (χ4n) is 0.997. The van der Waals surface area contributed by atoms with Gasteiger partial charge < -0.3 is 0 Å². The number of aromatic nitrogens is 2. The summed E-state index contributed by atoms with van der Waals surface area (Å²) in [7, 11) is 0. The summed E-state index contributed by atoms with van der Waals surface area (Å²) in [6.07, 6.45) is 1.54. The predicted molar refractivity (Wildman–Crippen MR) is 54.9 cm³/mol. The van der Waals surface area contributed by atoms with Gasteiger partial charge in [0.15, 0.2) is 0 Å². The van der Waals surface area contributed by atoms with Gasteiger partial charge in [0.1, 0.15) is 10.9 Å². The number of halogens is 2. The molecule has 0 spiro atoms. The molecule has 1 heterocycles. The second-order valence-electron chi connectivity index (χ2n) is 2.33. The van der Waals surface area contributed by atoms with Crippen molar-refractivity contribution in [2.24, 2.45) is 0 Å². The molecule has 4 heteroatoms. The molecule has 0 atom stereocenters. The second-order valence-corrected chi connectivity index (χ2v) is 3.99. The summed E-state index contributed by atoms with van der Waals surface area (Å²) in [5, 5.41) is 1.02. The van der Waals surface area contributed by atoms with E-state index in [0.717, 1.165) is 20.0 Å². The maximum Gasteiger partial charge on any atom is 0.117 e. The first-order valence-electron chi connectivity index (χ1n) is 3.33. The van der Waals surface area contributed by atoms with E-state index in [4.69, 9.17) is 0 Å². The van der Waals surface area contributed by atoms with Crippen LogP contribution in [0.3, 0.4) is 0 Å². The molecule has 0 saturated carbocycles. The quantitative estimate of drug-likeness (QED) is 0.696. The molecule has 0 aliphatic heterocycles. The zero-order valence-corrected chi connectivity index (χ0v) is 9.13. The van der Waals surface area contributed by atoms with Crippen LogP contribution in [0.4, 0.5) is 0 Å². The zero-order valence-electron chi connectivity index (χ0n) is 5.96. The maximum atomic E-state index is 4.12. The normalized spacial score (nSPS) is 10.5. The smallest absolute Gasteiger partial charge is 0.117 e. The molecular formula is C8H4Br2N2. The third kappa shape index (κ3) is 1.36. The van der Waals surface area contributed by atoms with Gasteiger partial charge in [0, 0.05) is 9.86 Å². The van der Waals surface area contributed by atoms with Crippen LogP contribution in [0.1, 0.15) is 0 Å². The van der Waals surface area contributed by atoms with Crippen molar-refractivity contribution in [3.05, 3.63) is 33.6 Å². The predicted octanol–water partition coefficient (Wildman–Crippen LogP) is 3.15. The average Bonchev–Trinajstić information content (AvgIpc) is 2.07. The number of fused-ring (bicyclic) bond motifs is 1. The number of hydrogen-bond donors (Lipinski definition) is 0. The fraction of sp³-hybridized carbons (Fsp3) is 0. The Bertz CT molecular complexity index is 428. The largest absolute Gasteiger partial charge is 0.236 e. The lowest BCUT2D eigenvalue weighted by Gasteiger charge is -1.98. The molecule has 1 aromatic carbocycles. The fourth-order valence-corrected chi connectivity index (χ4v) is 1.77. The van der Waals surface area contributed by atoms with Gasteiger partial charge in [-0.3, -0.25) is 0 Å². The summed E-state index contributed by atoms with van der Waals surface area (Å²) in [5.74, 6) is 0. The Morgan fingerprint density at radius 2 is 1.92 bits per heavy atom. The number of rotatable bonds is 0. The van der Waals surface area contributed by atoms with E-state index in [1.165, 1.54) is 0 Å². The highest BCUT2D eigenvalue weighted by Crippen LogP contribution is 2.22. The van der Waals surface area contributed by atoms with Crippen LogP contribution in [0.25, 0.3) is 10.9 Å². The van der Waals surface area contributed by atoms with Gasteiger partial charge in [-0.25, -0.2) is 9.97 Å². The molecule has 2 aromatic rings. The van der Waals surface area contributed by atoms with Crippen LogP contribution >= 0.6 is 31.9 Å². The SMILES string of the molecule is Brc1ccc2ncnc(Br)c2c1. The van der Waals surface area contributed by atoms with Crippen molar-refractivity contribution in [3.8, 4) is 0 Å². The summed E-state index contributed by atoms with van der Waals surface area (Å²) in [6.45, 7) is 0. The van der Waals surface area contributed by atoms with Gasteiger partial charge in [-0.1, -0.05) is 15.9 Å². The van der Waals surface area contributed by atoms with Crippen molar-refractivity contribution < 1.29 is 0 Å². The first-order chi connectivity index (χ1) is 5.77. The molecule has 0 radical (unpaired) electrons. The van der Waals surface area contributed by atoms with E-state index >= 15 is 0 Å². The van der Waals surface area contributed by atoms with Gasteiger partial charge in [-0.15, -0.1) is 0 Å².